The molecule has 4 N–H and O–H groups in total. The lowest BCUT2D eigenvalue weighted by atomic mass is 9.99. The Hall–Kier alpha value is 0.110. The standard InChI is InChI=1S/C11H22O6S/c12-6-7-8(13)9(14)10(15)11(17-7)16-4-2-1-3-5-18/h7-15,18H,1-6H2/t7-,8-,9+,10-,11+/m1/s1. The smallest absolute Gasteiger partial charge is 0.186 e. The Balaban J connectivity index is 2.35. The van der Waals surface area contributed by atoms with Crippen molar-refractivity contribution in [1.29, 1.82) is 0 Å². The van der Waals surface area contributed by atoms with Crippen molar-refractivity contribution in [3.8, 4) is 0 Å². The highest BCUT2D eigenvalue weighted by molar-refractivity contribution is 7.80. The molecule has 0 saturated carbocycles. The molecule has 108 valence electrons. The predicted molar refractivity (Wildman–Crippen MR) is 67.4 cm³/mol. The van der Waals surface area contributed by atoms with E-state index in [2.05, 4.69) is 12.6 Å². The van der Waals surface area contributed by atoms with Crippen LogP contribution in [0, 0.1) is 0 Å². The molecule has 0 unspecified atom stereocenters. The van der Waals surface area contributed by atoms with E-state index in [1.54, 1.807) is 0 Å². The van der Waals surface area contributed by atoms with Crippen LogP contribution in [0.3, 0.4) is 0 Å². The molecule has 1 rings (SSSR count). The van der Waals surface area contributed by atoms with Crippen LogP contribution in [0.5, 0.6) is 0 Å². The van der Waals surface area contributed by atoms with Crippen molar-refractivity contribution in [3.05, 3.63) is 0 Å². The Kier molecular flexibility index (Phi) is 7.47. The molecule has 18 heavy (non-hydrogen) atoms. The van der Waals surface area contributed by atoms with Crippen LogP contribution in [-0.2, 0) is 9.47 Å². The van der Waals surface area contributed by atoms with Gasteiger partial charge in [0, 0.05) is 6.61 Å². The Labute approximate surface area is 112 Å². The topological polar surface area (TPSA) is 99.4 Å². The molecule has 0 aromatic heterocycles. The van der Waals surface area contributed by atoms with E-state index >= 15 is 0 Å². The Morgan fingerprint density at radius 3 is 2.33 bits per heavy atom. The van der Waals surface area contributed by atoms with E-state index in [9.17, 15) is 15.3 Å². The van der Waals surface area contributed by atoms with Crippen LogP contribution < -0.4 is 0 Å². The Bertz CT molecular complexity index is 228. The average molecular weight is 282 g/mol. The van der Waals surface area contributed by atoms with Crippen molar-refractivity contribution in [1.82, 2.24) is 0 Å². The molecule has 6 nitrogen and oxygen atoms in total. The van der Waals surface area contributed by atoms with Gasteiger partial charge >= 0.3 is 0 Å². The molecule has 1 aliphatic rings. The zero-order chi connectivity index (χ0) is 13.5. The lowest BCUT2D eigenvalue weighted by Crippen LogP contribution is -2.59. The summed E-state index contributed by atoms with van der Waals surface area (Å²) in [4.78, 5) is 0. The van der Waals surface area contributed by atoms with Crippen molar-refractivity contribution in [2.75, 3.05) is 19.0 Å². The van der Waals surface area contributed by atoms with Crippen molar-refractivity contribution in [3.63, 3.8) is 0 Å². The van der Waals surface area contributed by atoms with E-state index in [1.807, 2.05) is 0 Å². The minimum atomic E-state index is -1.38. The van der Waals surface area contributed by atoms with Gasteiger partial charge in [-0.15, -0.1) is 0 Å². The molecule has 1 aliphatic heterocycles. The Morgan fingerprint density at radius 2 is 1.72 bits per heavy atom. The number of ether oxygens (including phenoxy) is 2. The van der Waals surface area contributed by atoms with E-state index < -0.39 is 37.3 Å². The zero-order valence-electron chi connectivity index (χ0n) is 10.2. The van der Waals surface area contributed by atoms with Crippen LogP contribution >= 0.6 is 12.6 Å². The molecule has 0 aromatic carbocycles. The van der Waals surface area contributed by atoms with E-state index in [4.69, 9.17) is 14.6 Å². The van der Waals surface area contributed by atoms with Crippen LogP contribution in [0.1, 0.15) is 19.3 Å². The van der Waals surface area contributed by atoms with Crippen LogP contribution in [-0.4, -0.2) is 70.1 Å². The van der Waals surface area contributed by atoms with Gasteiger partial charge in [0.1, 0.15) is 24.4 Å². The molecule has 0 amide bonds. The monoisotopic (exact) mass is 282 g/mol. The molecule has 7 heteroatoms. The molecule has 0 bridgehead atoms. The average Bonchev–Trinajstić information content (AvgIpc) is 2.38. The van der Waals surface area contributed by atoms with Gasteiger partial charge in [-0.05, 0) is 18.6 Å². The van der Waals surface area contributed by atoms with Crippen LogP contribution in [0.4, 0.5) is 0 Å². The fourth-order valence-electron chi connectivity index (χ4n) is 1.80. The number of aliphatic hydroxyl groups is 4. The van der Waals surface area contributed by atoms with Gasteiger partial charge in [0.05, 0.1) is 6.61 Å². The summed E-state index contributed by atoms with van der Waals surface area (Å²) in [7, 11) is 0. The van der Waals surface area contributed by atoms with Crippen molar-refractivity contribution < 1.29 is 29.9 Å². The first-order chi connectivity index (χ1) is 8.61. The highest BCUT2D eigenvalue weighted by Crippen LogP contribution is 2.22. The third-order valence-electron chi connectivity index (χ3n) is 2.93. The normalized spacial score (nSPS) is 36.8. The molecule has 5 atom stereocenters. The quantitative estimate of drug-likeness (QED) is 0.300. The first kappa shape index (κ1) is 16.2. The summed E-state index contributed by atoms with van der Waals surface area (Å²) in [6, 6.07) is 0. The van der Waals surface area contributed by atoms with Gasteiger partial charge in [-0.1, -0.05) is 6.42 Å². The van der Waals surface area contributed by atoms with Crippen molar-refractivity contribution in [2.24, 2.45) is 0 Å². The minimum absolute atomic E-state index is 0.385. The summed E-state index contributed by atoms with van der Waals surface area (Å²) in [5.41, 5.74) is 0. The maximum absolute atomic E-state index is 9.67. The number of aliphatic hydroxyl groups excluding tert-OH is 4. The van der Waals surface area contributed by atoms with Crippen LogP contribution in [0.25, 0.3) is 0 Å². The van der Waals surface area contributed by atoms with Gasteiger partial charge in [-0.3, -0.25) is 0 Å². The van der Waals surface area contributed by atoms with Gasteiger partial charge in [-0.2, -0.15) is 12.6 Å². The molecular formula is C11H22O6S. The second-order valence-corrected chi connectivity index (χ2v) is 4.80. The lowest BCUT2D eigenvalue weighted by molar-refractivity contribution is -0.301. The fourth-order valence-corrected chi connectivity index (χ4v) is 2.02. The van der Waals surface area contributed by atoms with Crippen LogP contribution in [0.2, 0.25) is 0 Å². The van der Waals surface area contributed by atoms with Gasteiger partial charge < -0.3 is 29.9 Å². The number of hydrogen-bond acceptors (Lipinski definition) is 7. The highest BCUT2D eigenvalue weighted by atomic mass is 32.1. The van der Waals surface area contributed by atoms with Gasteiger partial charge in [0.15, 0.2) is 6.29 Å². The molecule has 1 saturated heterocycles. The summed E-state index contributed by atoms with van der Waals surface area (Å²) in [6.07, 6.45) is -3.21. The van der Waals surface area contributed by atoms with E-state index in [1.165, 1.54) is 0 Å². The third kappa shape index (κ3) is 4.34. The van der Waals surface area contributed by atoms with Gasteiger partial charge in [0.2, 0.25) is 0 Å². The van der Waals surface area contributed by atoms with Gasteiger partial charge in [-0.25, -0.2) is 0 Å². The first-order valence-corrected chi connectivity index (χ1v) is 6.78. The molecule has 0 radical (unpaired) electrons. The summed E-state index contributed by atoms with van der Waals surface area (Å²) in [5.74, 6) is 0.819. The third-order valence-corrected chi connectivity index (χ3v) is 3.25. The van der Waals surface area contributed by atoms with Crippen molar-refractivity contribution in [2.45, 2.75) is 50.0 Å². The highest BCUT2D eigenvalue weighted by Gasteiger charge is 2.43. The lowest BCUT2D eigenvalue weighted by Gasteiger charge is -2.39. The van der Waals surface area contributed by atoms with Crippen molar-refractivity contribution >= 4 is 12.6 Å². The summed E-state index contributed by atoms with van der Waals surface area (Å²) < 4.78 is 10.5. The van der Waals surface area contributed by atoms with Gasteiger partial charge in [0.25, 0.3) is 0 Å². The van der Waals surface area contributed by atoms with E-state index in [-0.39, 0.29) is 0 Å². The zero-order valence-corrected chi connectivity index (χ0v) is 11.1. The summed E-state index contributed by atoms with van der Waals surface area (Å²) in [5, 5.41) is 37.7. The number of thiol groups is 1. The SMILES string of the molecule is OC[C@H]1O[C@H](OCCCCCS)[C@H](O)[C@@H](O)[C@@H]1O. The molecule has 0 aromatic rings. The van der Waals surface area contributed by atoms with E-state index in [0.717, 1.165) is 25.0 Å². The van der Waals surface area contributed by atoms with E-state index in [0.29, 0.717) is 6.61 Å². The maximum Gasteiger partial charge on any atom is 0.186 e. The molecule has 1 fully saturated rings. The number of hydrogen-bond donors (Lipinski definition) is 5. The molecule has 0 spiro atoms. The summed E-state index contributed by atoms with van der Waals surface area (Å²) >= 11 is 4.09. The second kappa shape index (κ2) is 8.31. The molecular weight excluding hydrogens is 260 g/mol. The summed E-state index contributed by atoms with van der Waals surface area (Å²) in [6.45, 7) is -0.0546. The molecule has 1 heterocycles. The largest absolute Gasteiger partial charge is 0.394 e. The number of rotatable bonds is 7. The second-order valence-electron chi connectivity index (χ2n) is 4.35. The molecule has 0 aliphatic carbocycles. The fraction of sp³-hybridized carbons (Fsp3) is 1.00. The maximum atomic E-state index is 9.67. The number of unbranched alkanes of at least 4 members (excludes halogenated alkanes) is 2. The Morgan fingerprint density at radius 1 is 1.00 bits per heavy atom. The predicted octanol–water partition coefficient (Wildman–Crippen LogP) is -1.10. The minimum Gasteiger partial charge on any atom is -0.394 e. The van der Waals surface area contributed by atoms with Crippen LogP contribution in [0.15, 0.2) is 0 Å². The first-order valence-electron chi connectivity index (χ1n) is 6.14.